The maximum absolute atomic E-state index is 13.3. The van der Waals surface area contributed by atoms with Crippen molar-refractivity contribution in [3.05, 3.63) is 60.3 Å². The van der Waals surface area contributed by atoms with E-state index in [0.717, 1.165) is 32.1 Å². The predicted molar refractivity (Wildman–Crippen MR) is 282 cm³/mol. The number of hydrogen-bond donors (Lipinski definition) is 13. The highest BCUT2D eigenvalue weighted by molar-refractivity contribution is 5.90. The number of rotatable bonds is 12. The molecule has 0 amide bonds. The van der Waals surface area contributed by atoms with Crippen molar-refractivity contribution in [2.45, 2.75) is 217 Å². The molecule has 0 aliphatic carbocycles. The Kier molecular flexibility index (Phi) is 31.0. The third-order valence-corrected chi connectivity index (χ3v) is 14.4. The van der Waals surface area contributed by atoms with Gasteiger partial charge in [-0.1, -0.05) is 83.2 Å². The van der Waals surface area contributed by atoms with Crippen LogP contribution in [-0.2, 0) is 28.6 Å². The first-order valence-electron chi connectivity index (χ1n) is 26.7. The first kappa shape index (κ1) is 67.1. The van der Waals surface area contributed by atoms with Crippen LogP contribution in [0.25, 0.3) is 0 Å². The van der Waals surface area contributed by atoms with Crippen LogP contribution in [0.4, 0.5) is 0 Å². The number of cyclic esters (lactones) is 1. The molecular weight excluding hydrogens is 975 g/mol. The summed E-state index contributed by atoms with van der Waals surface area (Å²) in [5, 5.41) is 123. The van der Waals surface area contributed by atoms with E-state index in [2.05, 4.69) is 22.5 Å². The van der Waals surface area contributed by atoms with Gasteiger partial charge in [0.15, 0.2) is 11.7 Å². The first-order valence-corrected chi connectivity index (χ1v) is 26.7. The largest absolute Gasteiger partial charge is 0.481 e. The van der Waals surface area contributed by atoms with E-state index >= 15 is 0 Å². The highest BCUT2D eigenvalue weighted by Gasteiger charge is 2.49. The van der Waals surface area contributed by atoms with Crippen molar-refractivity contribution < 1.29 is 84.8 Å². The molecule has 1 fully saturated rings. The summed E-state index contributed by atoms with van der Waals surface area (Å²) < 4.78 is 17.3. The highest BCUT2D eigenvalue weighted by Crippen LogP contribution is 2.35. The van der Waals surface area contributed by atoms with Crippen molar-refractivity contribution in [2.24, 2.45) is 40.3 Å². The van der Waals surface area contributed by atoms with Gasteiger partial charge in [-0.15, -0.1) is 0 Å². The summed E-state index contributed by atoms with van der Waals surface area (Å²) in [5.74, 6) is -7.53. The van der Waals surface area contributed by atoms with E-state index in [0.29, 0.717) is 18.1 Å². The molecule has 2 bridgehead atoms. The molecule has 2 heterocycles. The molecule has 0 aromatic heterocycles. The average Bonchev–Trinajstić information content (AvgIpc) is 3.33. The SMILES string of the molecule is CN=C(N)NCCC/C=C/CCCC(C)C1OC(=O)/C=C\C=C\C(C)C(O)C(C)C(O)C(C)C(O)CCCC(O)CC2(O)OC(CC(OC(=O)CC(=O)O)CC(O)CC(O)CC(O)/C(C)=C/C=C/C1C)CC(O)C2O. The molecule has 18 unspecified atom stereocenters. The molecule has 0 radical (unpaired) electrons. The van der Waals surface area contributed by atoms with E-state index < -0.39 is 128 Å². The molecule has 0 saturated carbocycles. The average molecular weight is 1070 g/mol. The van der Waals surface area contributed by atoms with Crippen LogP contribution in [0.15, 0.2) is 65.2 Å². The van der Waals surface area contributed by atoms with Crippen molar-refractivity contribution in [3.63, 3.8) is 0 Å². The number of nitrogens with two attached hydrogens (primary N) is 1. The summed E-state index contributed by atoms with van der Waals surface area (Å²) in [6.07, 6.45) is 2.32. The van der Waals surface area contributed by atoms with Crippen LogP contribution in [0.5, 0.6) is 0 Å². The molecule has 0 aromatic carbocycles. The lowest BCUT2D eigenvalue weighted by molar-refractivity contribution is -0.332. The molecule has 2 rings (SSSR count). The standard InChI is InChI=1S/C55H93N3O17/c1-33-20-16-21-36(4)52(35(3)19-12-10-8-9-11-15-25-58-54(56)57-7)74-48(67)24-14-13-18-34(2)50(69)38(6)51(70)37(5)44(62)23-17-22-39(59)32-55(72)53(71)46(64)30-43(75-55)29-42(73-49(68)31-47(65)66)27-40(60)26-41(61)28-45(33)63/h8-9,13-14,16,18,20-21,24,34-46,50-53,59-64,69-72H,10-12,15,17,19,22-23,25-32H2,1-7H3,(H,65,66)(H3,56,57,58)/b9-8+,18-13+,21-16+,24-14-,33-20+. The Hall–Kier alpha value is -4.06. The molecule has 1 saturated heterocycles. The number of guanidine groups is 1. The van der Waals surface area contributed by atoms with Gasteiger partial charge in [-0.3, -0.25) is 14.6 Å². The number of esters is 2. The molecule has 2 aliphatic rings. The van der Waals surface area contributed by atoms with Gasteiger partial charge in [0.05, 0.1) is 54.9 Å². The molecular formula is C55H93N3O17. The minimum absolute atomic E-state index is 0.00614. The molecule has 430 valence electrons. The van der Waals surface area contributed by atoms with E-state index in [1.54, 1.807) is 59.0 Å². The third-order valence-electron chi connectivity index (χ3n) is 14.4. The van der Waals surface area contributed by atoms with Crippen molar-refractivity contribution in [2.75, 3.05) is 13.6 Å². The maximum atomic E-state index is 13.3. The van der Waals surface area contributed by atoms with Crippen LogP contribution < -0.4 is 11.1 Å². The summed E-state index contributed by atoms with van der Waals surface area (Å²) in [5.41, 5.74) is 6.16. The van der Waals surface area contributed by atoms with Crippen molar-refractivity contribution in [1.82, 2.24) is 5.32 Å². The van der Waals surface area contributed by atoms with Crippen LogP contribution in [0, 0.1) is 29.6 Å². The zero-order valence-corrected chi connectivity index (χ0v) is 45.2. The molecule has 75 heavy (non-hydrogen) atoms. The smallest absolute Gasteiger partial charge is 0.331 e. The normalized spacial score (nSPS) is 37.9. The van der Waals surface area contributed by atoms with Gasteiger partial charge >= 0.3 is 17.9 Å². The maximum Gasteiger partial charge on any atom is 0.331 e. The fourth-order valence-electron chi connectivity index (χ4n) is 9.64. The second-order valence-electron chi connectivity index (χ2n) is 21.1. The quantitative estimate of drug-likeness (QED) is 0.0334. The van der Waals surface area contributed by atoms with Gasteiger partial charge in [0, 0.05) is 75.4 Å². The zero-order chi connectivity index (χ0) is 56.4. The van der Waals surface area contributed by atoms with Crippen LogP contribution >= 0.6 is 0 Å². The number of ether oxygens (including phenoxy) is 3. The van der Waals surface area contributed by atoms with Gasteiger partial charge in [0.25, 0.3) is 0 Å². The number of aliphatic carboxylic acids is 1. The molecule has 0 spiro atoms. The summed E-state index contributed by atoms with van der Waals surface area (Å²) >= 11 is 0. The monoisotopic (exact) mass is 1070 g/mol. The summed E-state index contributed by atoms with van der Waals surface area (Å²) in [6.45, 7) is 11.4. The Balaban J connectivity index is 2.40. The number of unbranched alkanes of at least 4 members (excludes halogenated alkanes) is 2. The number of aliphatic hydroxyl groups excluding tert-OH is 9. The van der Waals surface area contributed by atoms with E-state index in [1.807, 2.05) is 19.9 Å². The Bertz CT molecular complexity index is 1880. The number of carbonyl (C=O) groups is 3. The van der Waals surface area contributed by atoms with Crippen LogP contribution in [0.1, 0.15) is 138 Å². The lowest BCUT2D eigenvalue weighted by Gasteiger charge is -2.45. The highest BCUT2D eigenvalue weighted by atomic mass is 16.7. The van der Waals surface area contributed by atoms with Crippen LogP contribution in [-0.4, -0.2) is 173 Å². The number of fused-ring (bicyclic) bond motifs is 2. The number of carboxylic acid groups (broad SMARTS) is 1. The number of nitrogens with zero attached hydrogens (tertiary/aromatic N) is 1. The molecule has 0 aromatic rings. The lowest BCUT2D eigenvalue weighted by atomic mass is 9.81. The topological polar surface area (TPSA) is 352 Å². The third kappa shape index (κ3) is 25.3. The van der Waals surface area contributed by atoms with E-state index in [4.69, 9.17) is 19.9 Å². The van der Waals surface area contributed by atoms with Gasteiger partial charge in [-0.05, 0) is 76.2 Å². The second-order valence-corrected chi connectivity index (χ2v) is 21.1. The number of aliphatic imine (C=N–C) groups is 1. The van der Waals surface area contributed by atoms with Gasteiger partial charge < -0.3 is 81.4 Å². The van der Waals surface area contributed by atoms with Gasteiger partial charge in [-0.25, -0.2) is 4.79 Å². The number of allylic oxidation sites excluding steroid dienone is 6. The van der Waals surface area contributed by atoms with Crippen molar-refractivity contribution >= 4 is 23.9 Å². The summed E-state index contributed by atoms with van der Waals surface area (Å²) in [4.78, 5) is 41.1. The van der Waals surface area contributed by atoms with Crippen molar-refractivity contribution in [3.8, 4) is 0 Å². The number of carbonyl (C=O) groups excluding carboxylic acids is 2. The van der Waals surface area contributed by atoms with E-state index in [9.17, 15) is 70.6 Å². The minimum Gasteiger partial charge on any atom is -0.481 e. The number of hydrogen-bond acceptors (Lipinski definition) is 17. The van der Waals surface area contributed by atoms with Crippen molar-refractivity contribution in [1.29, 1.82) is 0 Å². The fraction of sp³-hybridized carbons (Fsp3) is 0.745. The van der Waals surface area contributed by atoms with E-state index in [1.165, 1.54) is 12.2 Å². The Morgan fingerprint density at radius 3 is 2.16 bits per heavy atom. The fourth-order valence-corrected chi connectivity index (χ4v) is 9.64. The number of nitrogens with one attached hydrogen (secondary N) is 1. The Labute approximate surface area is 443 Å². The Morgan fingerprint density at radius 2 is 1.49 bits per heavy atom. The second kappa shape index (κ2) is 34.7. The van der Waals surface area contributed by atoms with E-state index in [-0.39, 0.29) is 63.2 Å². The minimum atomic E-state index is -2.51. The molecule has 14 N–H and O–H groups in total. The van der Waals surface area contributed by atoms with Gasteiger partial charge in [0.1, 0.15) is 24.7 Å². The van der Waals surface area contributed by atoms with Gasteiger partial charge in [0.2, 0.25) is 0 Å². The van der Waals surface area contributed by atoms with Crippen LogP contribution in [0.3, 0.4) is 0 Å². The lowest BCUT2D eigenvalue weighted by Crippen LogP contribution is -2.59. The number of carboxylic acids is 1. The zero-order valence-electron chi connectivity index (χ0n) is 45.2. The molecule has 20 nitrogen and oxygen atoms in total. The predicted octanol–water partition coefficient (Wildman–Crippen LogP) is 2.98. The van der Waals surface area contributed by atoms with Gasteiger partial charge in [-0.2, -0.15) is 0 Å². The molecule has 2 aliphatic heterocycles. The molecule has 18 atom stereocenters. The molecule has 20 heteroatoms. The summed E-state index contributed by atoms with van der Waals surface area (Å²) in [6, 6.07) is 0. The Morgan fingerprint density at radius 1 is 0.840 bits per heavy atom. The van der Waals surface area contributed by atoms with Crippen LogP contribution in [0.2, 0.25) is 0 Å². The summed E-state index contributed by atoms with van der Waals surface area (Å²) in [7, 11) is 1.62. The first-order chi connectivity index (χ1) is 35.3. The number of aliphatic hydroxyl groups is 10.